The summed E-state index contributed by atoms with van der Waals surface area (Å²) in [6.45, 7) is 17.7. The number of nitrogens with zero attached hydrogens (tertiary/aromatic N) is 3. The van der Waals surface area contributed by atoms with Crippen molar-refractivity contribution in [2.24, 2.45) is 0 Å². The van der Waals surface area contributed by atoms with Crippen molar-refractivity contribution in [3.8, 4) is 67.5 Å². The Labute approximate surface area is 412 Å². The smallest absolute Gasteiger partial charge is 0.148 e. The second kappa shape index (κ2) is 18.3. The largest absolute Gasteiger partial charge is 0.507 e. The van der Waals surface area contributed by atoms with E-state index in [0.29, 0.717) is 22.9 Å². The molecule has 0 unspecified atom stereocenters. The number of aromatic hydroxyl groups is 1. The Morgan fingerprint density at radius 1 is 0.621 bits per heavy atom. The molecule has 6 aromatic carbocycles. The van der Waals surface area contributed by atoms with E-state index in [4.69, 9.17) is 14.1 Å². The van der Waals surface area contributed by atoms with Crippen molar-refractivity contribution < 1.29 is 30.3 Å². The maximum absolute atomic E-state index is 12.6. The zero-order chi connectivity index (χ0) is 48.3. The second-order valence-electron chi connectivity index (χ2n) is 21.3. The first-order valence-electron chi connectivity index (χ1n) is 24.9. The summed E-state index contributed by atoms with van der Waals surface area (Å²) in [6.07, 6.45) is 7.73. The summed E-state index contributed by atoms with van der Waals surface area (Å²) in [5.74, 6) is 1.31. The van der Waals surface area contributed by atoms with Crippen molar-refractivity contribution >= 4 is 11.0 Å². The minimum atomic E-state index is -2.17. The summed E-state index contributed by atoms with van der Waals surface area (Å²) in [6, 6.07) is 47.8. The molecule has 2 aromatic heterocycles. The van der Waals surface area contributed by atoms with Crippen LogP contribution in [0.15, 0.2) is 134 Å². The summed E-state index contributed by atoms with van der Waals surface area (Å²) >= 11 is 0. The van der Waals surface area contributed by atoms with Crippen molar-refractivity contribution in [3.63, 3.8) is 0 Å². The fraction of sp³-hybridized carbons (Fsp3) is 0.311. The SMILES string of the molecule is [2H]C([2H])([2H])c1ccc(-c2ccnc(-c3[c-]c(-c4cccc5c4nc(-c4cc(C(C)(C)C)cc(C(C)(C)C)c4O)n5-c4ccc(C(C)(C)C)cc4-c4ccccc4)cc(C4CCCCC4)c3)c2)cc1.[Pt]. The zero-order valence-corrected chi connectivity index (χ0v) is 42.2. The number of fused-ring (bicyclic) bond motifs is 1. The van der Waals surface area contributed by atoms with Crippen LogP contribution in [0.25, 0.3) is 72.7 Å². The molecule has 0 spiro atoms. The molecule has 1 saturated carbocycles. The maximum Gasteiger partial charge on any atom is 0.148 e. The number of benzene rings is 6. The number of para-hydroxylation sites is 1. The molecule has 66 heavy (non-hydrogen) atoms. The van der Waals surface area contributed by atoms with Gasteiger partial charge in [0, 0.05) is 48.2 Å². The number of phenols is 1. The third-order valence-corrected chi connectivity index (χ3v) is 13.4. The van der Waals surface area contributed by atoms with Crippen LogP contribution in [-0.4, -0.2) is 19.6 Å². The number of imidazole rings is 1. The molecule has 1 aliphatic carbocycles. The van der Waals surface area contributed by atoms with Crippen LogP contribution in [0, 0.1) is 12.9 Å². The molecule has 1 fully saturated rings. The Bertz CT molecular complexity index is 3140. The first-order chi connectivity index (χ1) is 32.1. The summed E-state index contributed by atoms with van der Waals surface area (Å²) in [4.78, 5) is 10.6. The van der Waals surface area contributed by atoms with Gasteiger partial charge in [-0.3, -0.25) is 9.55 Å². The molecule has 0 aliphatic heterocycles. The van der Waals surface area contributed by atoms with E-state index in [0.717, 1.165) is 85.3 Å². The van der Waals surface area contributed by atoms with E-state index in [-0.39, 0.29) is 43.1 Å². The number of phenolic OH excluding ortho intramolecular Hbond substituents is 1. The molecule has 0 radical (unpaired) electrons. The van der Waals surface area contributed by atoms with E-state index >= 15 is 0 Å². The number of aromatic nitrogens is 3. The normalized spacial score (nSPS) is 14.7. The molecular formula is C61H64N3OPt-. The number of hydrogen-bond acceptors (Lipinski definition) is 3. The minimum Gasteiger partial charge on any atom is -0.507 e. The van der Waals surface area contributed by atoms with Gasteiger partial charge in [-0.25, -0.2) is 4.98 Å². The minimum absolute atomic E-state index is 0. The predicted octanol–water partition coefficient (Wildman–Crippen LogP) is 16.5. The maximum atomic E-state index is 12.6. The molecule has 8 aromatic rings. The quantitative estimate of drug-likeness (QED) is 0.162. The van der Waals surface area contributed by atoms with Crippen molar-refractivity contribution in [2.75, 3.05) is 0 Å². The van der Waals surface area contributed by atoms with E-state index in [1.165, 1.54) is 30.4 Å². The van der Waals surface area contributed by atoms with Crippen LogP contribution in [-0.2, 0) is 37.3 Å². The average molecular weight is 1050 g/mol. The van der Waals surface area contributed by atoms with Gasteiger partial charge in [-0.05, 0) is 100 Å². The van der Waals surface area contributed by atoms with Crippen molar-refractivity contribution in [3.05, 3.63) is 167 Å². The van der Waals surface area contributed by atoms with E-state index in [9.17, 15) is 5.11 Å². The first-order valence-corrected chi connectivity index (χ1v) is 23.4. The van der Waals surface area contributed by atoms with Gasteiger partial charge in [0.2, 0.25) is 0 Å². The van der Waals surface area contributed by atoms with Gasteiger partial charge in [-0.2, -0.15) is 0 Å². The molecule has 1 aliphatic rings. The topological polar surface area (TPSA) is 50.9 Å². The number of aryl methyl sites for hydroxylation is 1. The molecule has 340 valence electrons. The zero-order valence-electron chi connectivity index (χ0n) is 42.9. The molecular weight excluding hydrogens is 986 g/mol. The standard InChI is InChI=1S/C61H64N3O.Pt/c1-39-24-26-41(27-25-39)43-30-31-62-53(35-43)46-33-44(40-18-13-11-14-19-40)32-45(34-46)49-22-17-23-55-56(49)63-58(51-37-48(60(5,6)7)38-52(57(51)65)61(8,9)10)64(55)54-29-28-47(59(2,3)4)36-50(54)42-20-15-12-16-21-42;/h12,15-17,20-33,35-38,40,65H,11,13-14,18-19H2,1-10H3;/q-1;/i1D3;. The third kappa shape index (κ3) is 9.37. The average Bonchev–Trinajstić information content (AvgIpc) is 3.70. The predicted molar refractivity (Wildman–Crippen MR) is 273 cm³/mol. The van der Waals surface area contributed by atoms with Crippen LogP contribution in [0.3, 0.4) is 0 Å². The Hall–Kier alpha value is -5.57. The van der Waals surface area contributed by atoms with E-state index in [2.05, 4.69) is 170 Å². The monoisotopic (exact) mass is 1050 g/mol. The van der Waals surface area contributed by atoms with Crippen molar-refractivity contribution in [1.29, 1.82) is 0 Å². The third-order valence-electron chi connectivity index (χ3n) is 13.4. The van der Waals surface area contributed by atoms with Crippen molar-refractivity contribution in [2.45, 2.75) is 123 Å². The summed E-state index contributed by atoms with van der Waals surface area (Å²) < 4.78 is 25.9. The van der Waals surface area contributed by atoms with E-state index < -0.39 is 6.85 Å². The van der Waals surface area contributed by atoms with Crippen LogP contribution in [0.1, 0.15) is 132 Å². The van der Waals surface area contributed by atoms with E-state index in [1.54, 1.807) is 12.1 Å². The Balaban J connectivity index is 0.00000642. The van der Waals surface area contributed by atoms with Crippen LogP contribution in [0.5, 0.6) is 5.75 Å². The molecule has 0 atom stereocenters. The second-order valence-corrected chi connectivity index (χ2v) is 21.3. The van der Waals surface area contributed by atoms with E-state index in [1.807, 2.05) is 24.4 Å². The summed E-state index contributed by atoms with van der Waals surface area (Å²) in [5.41, 5.74) is 15.2. The fourth-order valence-electron chi connectivity index (χ4n) is 9.56. The van der Waals surface area contributed by atoms with Gasteiger partial charge in [-0.1, -0.05) is 183 Å². The van der Waals surface area contributed by atoms with Crippen LogP contribution in [0.4, 0.5) is 0 Å². The Morgan fingerprint density at radius 2 is 1.32 bits per heavy atom. The van der Waals surface area contributed by atoms with Gasteiger partial charge in [0.05, 0.1) is 22.3 Å². The fourth-order valence-corrected chi connectivity index (χ4v) is 9.56. The Morgan fingerprint density at radius 3 is 2.00 bits per heavy atom. The molecule has 9 rings (SSSR count). The van der Waals surface area contributed by atoms with Gasteiger partial charge in [0.1, 0.15) is 11.6 Å². The molecule has 0 bridgehead atoms. The summed E-state index contributed by atoms with van der Waals surface area (Å²) in [7, 11) is 0. The first kappa shape index (κ1) is 43.0. The van der Waals surface area contributed by atoms with Gasteiger partial charge >= 0.3 is 0 Å². The van der Waals surface area contributed by atoms with Gasteiger partial charge in [0.15, 0.2) is 0 Å². The van der Waals surface area contributed by atoms with Gasteiger partial charge < -0.3 is 5.11 Å². The Kier molecular flexibility index (Phi) is 11.9. The molecule has 1 N–H and O–H groups in total. The number of rotatable bonds is 7. The van der Waals surface area contributed by atoms with Crippen LogP contribution >= 0.6 is 0 Å². The molecule has 4 nitrogen and oxygen atoms in total. The summed E-state index contributed by atoms with van der Waals surface area (Å²) in [5, 5.41) is 12.6. The van der Waals surface area contributed by atoms with Gasteiger partial charge in [-0.15, -0.1) is 29.3 Å². The molecule has 5 heteroatoms. The van der Waals surface area contributed by atoms with Crippen molar-refractivity contribution in [1.82, 2.24) is 14.5 Å². The van der Waals surface area contributed by atoms with Crippen LogP contribution in [0.2, 0.25) is 0 Å². The van der Waals surface area contributed by atoms with Gasteiger partial charge in [0.25, 0.3) is 0 Å². The molecule has 0 amide bonds. The molecule has 0 saturated heterocycles. The van der Waals surface area contributed by atoms with Crippen LogP contribution < -0.4 is 0 Å². The molecule has 2 heterocycles. The number of hydrogen-bond donors (Lipinski definition) is 1. The number of pyridine rings is 1.